The van der Waals surface area contributed by atoms with Gasteiger partial charge >= 0.3 is 0 Å². The standard InChI is InChI=1S/C10H18OS2/c1-7(6-8(2)11)10(3,4)9(12)13-5/h7H,6H2,1-5H3. The molecule has 0 aliphatic rings. The summed E-state index contributed by atoms with van der Waals surface area (Å²) in [5.41, 5.74) is -0.0274. The molecule has 0 amide bonds. The zero-order chi connectivity index (χ0) is 10.6. The highest BCUT2D eigenvalue weighted by atomic mass is 32.2. The van der Waals surface area contributed by atoms with E-state index in [4.69, 9.17) is 12.2 Å². The first-order valence-electron chi connectivity index (χ1n) is 4.40. The number of thiocarbonyl (C=S) groups is 1. The second-order valence-electron chi connectivity index (χ2n) is 4.02. The number of hydrogen-bond donors (Lipinski definition) is 0. The maximum atomic E-state index is 11.0. The van der Waals surface area contributed by atoms with Gasteiger partial charge in [-0.2, -0.15) is 0 Å². The van der Waals surface area contributed by atoms with Gasteiger partial charge in [-0.3, -0.25) is 0 Å². The molecule has 1 atom stereocenters. The highest BCUT2D eigenvalue weighted by Gasteiger charge is 2.30. The van der Waals surface area contributed by atoms with Crippen LogP contribution >= 0.6 is 24.0 Å². The zero-order valence-electron chi connectivity index (χ0n) is 9.01. The van der Waals surface area contributed by atoms with Crippen LogP contribution in [0.3, 0.4) is 0 Å². The van der Waals surface area contributed by atoms with Crippen molar-refractivity contribution < 1.29 is 4.79 Å². The van der Waals surface area contributed by atoms with Gasteiger partial charge in [-0.05, 0) is 19.1 Å². The van der Waals surface area contributed by atoms with E-state index in [-0.39, 0.29) is 11.2 Å². The molecule has 0 radical (unpaired) electrons. The van der Waals surface area contributed by atoms with Crippen LogP contribution in [0.5, 0.6) is 0 Å². The van der Waals surface area contributed by atoms with Gasteiger partial charge in [0.1, 0.15) is 5.78 Å². The summed E-state index contributed by atoms with van der Waals surface area (Å²) >= 11 is 6.88. The first kappa shape index (κ1) is 13.1. The lowest BCUT2D eigenvalue weighted by molar-refractivity contribution is -0.118. The third kappa shape index (κ3) is 3.77. The third-order valence-corrected chi connectivity index (χ3v) is 4.46. The molecule has 0 aromatic heterocycles. The van der Waals surface area contributed by atoms with E-state index in [0.717, 1.165) is 4.20 Å². The largest absolute Gasteiger partial charge is 0.300 e. The van der Waals surface area contributed by atoms with Crippen LogP contribution in [0.2, 0.25) is 0 Å². The Morgan fingerprint density at radius 1 is 1.54 bits per heavy atom. The lowest BCUT2D eigenvalue weighted by atomic mass is 9.79. The highest BCUT2D eigenvalue weighted by molar-refractivity contribution is 8.22. The Kier molecular flexibility index (Phi) is 5.15. The fourth-order valence-electron chi connectivity index (χ4n) is 1.15. The molecule has 0 spiro atoms. The van der Waals surface area contributed by atoms with E-state index >= 15 is 0 Å². The number of carbonyl (C=O) groups is 1. The summed E-state index contributed by atoms with van der Waals surface area (Å²) in [6.45, 7) is 7.94. The minimum Gasteiger partial charge on any atom is -0.300 e. The third-order valence-electron chi connectivity index (χ3n) is 2.54. The first-order valence-corrected chi connectivity index (χ1v) is 6.03. The van der Waals surface area contributed by atoms with Crippen molar-refractivity contribution in [1.82, 2.24) is 0 Å². The summed E-state index contributed by atoms with van der Waals surface area (Å²) in [7, 11) is 0. The van der Waals surface area contributed by atoms with E-state index in [2.05, 4.69) is 20.8 Å². The molecule has 0 saturated heterocycles. The topological polar surface area (TPSA) is 17.1 Å². The van der Waals surface area contributed by atoms with Crippen molar-refractivity contribution in [2.24, 2.45) is 11.3 Å². The SMILES string of the molecule is CSC(=S)C(C)(C)C(C)CC(C)=O. The summed E-state index contributed by atoms with van der Waals surface area (Å²) in [5, 5.41) is 0. The predicted octanol–water partition coefficient (Wildman–Crippen LogP) is 3.32. The van der Waals surface area contributed by atoms with Gasteiger partial charge in [-0.25, -0.2) is 0 Å². The average molecular weight is 218 g/mol. The number of ketones is 1. The fraction of sp³-hybridized carbons (Fsp3) is 0.800. The Bertz CT molecular complexity index is 209. The molecule has 0 aliphatic carbocycles. The maximum Gasteiger partial charge on any atom is 0.130 e. The Hall–Kier alpha value is 0.110. The Morgan fingerprint density at radius 3 is 2.31 bits per heavy atom. The van der Waals surface area contributed by atoms with Gasteiger partial charge in [-0.1, -0.05) is 33.0 Å². The van der Waals surface area contributed by atoms with Gasteiger partial charge in [0.2, 0.25) is 0 Å². The first-order chi connectivity index (χ1) is 5.82. The van der Waals surface area contributed by atoms with Crippen LogP contribution in [0, 0.1) is 11.3 Å². The number of carbonyl (C=O) groups excluding carboxylic acids is 1. The van der Waals surface area contributed by atoms with Crippen molar-refractivity contribution in [3.05, 3.63) is 0 Å². The second-order valence-corrected chi connectivity index (χ2v) is 5.50. The smallest absolute Gasteiger partial charge is 0.130 e. The molecule has 0 aromatic rings. The monoisotopic (exact) mass is 218 g/mol. The molecule has 76 valence electrons. The lowest BCUT2D eigenvalue weighted by Gasteiger charge is -2.31. The number of rotatable bonds is 4. The second kappa shape index (κ2) is 5.11. The summed E-state index contributed by atoms with van der Waals surface area (Å²) in [5.74, 6) is 0.564. The van der Waals surface area contributed by atoms with Gasteiger partial charge < -0.3 is 4.79 Å². The van der Waals surface area contributed by atoms with E-state index in [0.29, 0.717) is 12.3 Å². The molecule has 3 heteroatoms. The van der Waals surface area contributed by atoms with Crippen molar-refractivity contribution in [1.29, 1.82) is 0 Å². The van der Waals surface area contributed by atoms with Crippen LogP contribution in [-0.2, 0) is 4.79 Å². The van der Waals surface area contributed by atoms with E-state index in [1.165, 1.54) is 0 Å². The van der Waals surface area contributed by atoms with Crippen LogP contribution in [0.25, 0.3) is 0 Å². The summed E-state index contributed by atoms with van der Waals surface area (Å²) in [4.78, 5) is 11.0. The molecule has 13 heavy (non-hydrogen) atoms. The molecule has 0 bridgehead atoms. The van der Waals surface area contributed by atoms with Crippen molar-refractivity contribution in [2.45, 2.75) is 34.1 Å². The summed E-state index contributed by atoms with van der Waals surface area (Å²) in [6.07, 6.45) is 2.61. The van der Waals surface area contributed by atoms with Gasteiger partial charge in [0.25, 0.3) is 0 Å². The lowest BCUT2D eigenvalue weighted by Crippen LogP contribution is -2.29. The molecule has 0 fully saturated rings. The van der Waals surface area contributed by atoms with Gasteiger partial charge in [-0.15, -0.1) is 11.8 Å². The van der Waals surface area contributed by atoms with Crippen molar-refractivity contribution in [3.8, 4) is 0 Å². The molecule has 1 nitrogen and oxygen atoms in total. The molecule has 0 N–H and O–H groups in total. The summed E-state index contributed by atoms with van der Waals surface area (Å²) in [6, 6.07) is 0. The molecular formula is C10H18OS2. The molecule has 0 aliphatic heterocycles. The van der Waals surface area contributed by atoms with Gasteiger partial charge in [0.15, 0.2) is 0 Å². The molecule has 0 rings (SSSR count). The van der Waals surface area contributed by atoms with Crippen LogP contribution in [0.15, 0.2) is 0 Å². The minimum atomic E-state index is -0.0274. The normalized spacial score (nSPS) is 13.9. The molecule has 0 heterocycles. The van der Waals surface area contributed by atoms with E-state index in [1.54, 1.807) is 18.7 Å². The van der Waals surface area contributed by atoms with Gasteiger partial charge in [0.05, 0.1) is 4.20 Å². The average Bonchev–Trinajstić information content (AvgIpc) is 2.01. The number of Topliss-reactive ketones (excluding diaryl/α,β-unsaturated/α-hetero) is 1. The van der Waals surface area contributed by atoms with Crippen molar-refractivity contribution in [2.75, 3.05) is 6.26 Å². The predicted molar refractivity (Wildman–Crippen MR) is 64.4 cm³/mol. The number of thioether (sulfide) groups is 1. The zero-order valence-corrected chi connectivity index (χ0v) is 10.6. The minimum absolute atomic E-state index is 0.0274. The molecule has 0 aromatic carbocycles. The Labute approximate surface area is 90.7 Å². The Morgan fingerprint density at radius 2 is 2.00 bits per heavy atom. The van der Waals surface area contributed by atoms with E-state index in [1.807, 2.05) is 6.26 Å². The quantitative estimate of drug-likeness (QED) is 0.674. The van der Waals surface area contributed by atoms with Crippen LogP contribution in [-0.4, -0.2) is 16.2 Å². The van der Waals surface area contributed by atoms with Crippen LogP contribution in [0.4, 0.5) is 0 Å². The maximum absolute atomic E-state index is 11.0. The van der Waals surface area contributed by atoms with E-state index in [9.17, 15) is 4.79 Å². The fourth-order valence-corrected chi connectivity index (χ4v) is 2.08. The Balaban J connectivity index is 4.43. The van der Waals surface area contributed by atoms with Crippen molar-refractivity contribution in [3.63, 3.8) is 0 Å². The van der Waals surface area contributed by atoms with E-state index < -0.39 is 0 Å². The summed E-state index contributed by atoms with van der Waals surface area (Å²) < 4.78 is 0.987. The van der Waals surface area contributed by atoms with Crippen molar-refractivity contribution >= 4 is 34.0 Å². The molecule has 1 unspecified atom stereocenters. The number of hydrogen-bond acceptors (Lipinski definition) is 3. The van der Waals surface area contributed by atoms with Crippen LogP contribution in [0.1, 0.15) is 34.1 Å². The molecular weight excluding hydrogens is 200 g/mol. The molecule has 0 saturated carbocycles. The van der Waals surface area contributed by atoms with Gasteiger partial charge in [0, 0.05) is 11.8 Å². The highest BCUT2D eigenvalue weighted by Crippen LogP contribution is 2.34. The van der Waals surface area contributed by atoms with Crippen LogP contribution < -0.4 is 0 Å².